The van der Waals surface area contributed by atoms with Crippen molar-refractivity contribution in [3.05, 3.63) is 59.7 Å². The van der Waals surface area contributed by atoms with Crippen LogP contribution >= 0.6 is 11.8 Å². The highest BCUT2D eigenvalue weighted by atomic mass is 32.2. The summed E-state index contributed by atoms with van der Waals surface area (Å²) in [6.45, 7) is 4.61. The van der Waals surface area contributed by atoms with E-state index in [1.165, 1.54) is 16.5 Å². The molecule has 1 aromatic heterocycles. The van der Waals surface area contributed by atoms with E-state index in [4.69, 9.17) is 19.5 Å². The van der Waals surface area contributed by atoms with Gasteiger partial charge in [-0.25, -0.2) is 9.98 Å². The number of nitrogens with zero attached hydrogens (tertiary/aromatic N) is 3. The molecule has 3 heterocycles. The molecule has 1 saturated heterocycles. The molecule has 0 unspecified atom stereocenters. The lowest BCUT2D eigenvalue weighted by atomic mass is 10.1. The van der Waals surface area contributed by atoms with Gasteiger partial charge < -0.3 is 14.4 Å². The molecule has 0 radical (unpaired) electrons. The second-order valence-electron chi connectivity index (χ2n) is 7.81. The maximum atomic E-state index is 5.92. The number of hydrogen-bond donors (Lipinski definition) is 0. The number of para-hydroxylation sites is 1. The van der Waals surface area contributed by atoms with Crippen LogP contribution in [0.25, 0.3) is 10.9 Å². The number of fused-ring (bicyclic) bond motifs is 2. The minimum absolute atomic E-state index is 0.262. The maximum Gasteiger partial charge on any atom is 0.171 e. The number of aromatic nitrogens is 1. The van der Waals surface area contributed by atoms with E-state index in [1.807, 2.05) is 24.3 Å². The van der Waals surface area contributed by atoms with Crippen LogP contribution in [0, 0.1) is 6.92 Å². The van der Waals surface area contributed by atoms with Crippen LogP contribution in [0.15, 0.2) is 58.5 Å². The van der Waals surface area contributed by atoms with Crippen molar-refractivity contribution in [3.63, 3.8) is 0 Å². The summed E-state index contributed by atoms with van der Waals surface area (Å²) in [7, 11) is 1.68. The van der Waals surface area contributed by atoms with Crippen LogP contribution in [0.1, 0.15) is 24.0 Å². The van der Waals surface area contributed by atoms with Gasteiger partial charge in [0.25, 0.3) is 0 Å². The van der Waals surface area contributed by atoms with Crippen molar-refractivity contribution in [2.45, 2.75) is 37.4 Å². The molecular weight excluding hydrogens is 394 g/mol. The topological polar surface area (TPSA) is 47.0 Å². The normalized spacial score (nSPS) is 20.0. The minimum atomic E-state index is 0.262. The van der Waals surface area contributed by atoms with Crippen LogP contribution in [-0.2, 0) is 11.3 Å². The summed E-state index contributed by atoms with van der Waals surface area (Å²) in [5.41, 5.74) is 4.40. The quantitative estimate of drug-likeness (QED) is 0.572. The Balaban J connectivity index is 1.54. The Morgan fingerprint density at radius 3 is 2.97 bits per heavy atom. The first-order valence-electron chi connectivity index (χ1n) is 10.4. The van der Waals surface area contributed by atoms with Crippen molar-refractivity contribution >= 4 is 33.5 Å². The maximum absolute atomic E-state index is 5.92. The van der Waals surface area contributed by atoms with Crippen molar-refractivity contribution in [1.82, 2.24) is 9.88 Å². The summed E-state index contributed by atoms with van der Waals surface area (Å²) < 4.78 is 11.3. The molecule has 0 amide bonds. The number of methoxy groups -OCH3 is 1. The summed E-state index contributed by atoms with van der Waals surface area (Å²) in [5.74, 6) is 0.809. The average Bonchev–Trinajstić information content (AvgIpc) is 3.27. The van der Waals surface area contributed by atoms with Gasteiger partial charge in [-0.15, -0.1) is 0 Å². The number of pyridine rings is 1. The predicted octanol–water partition coefficient (Wildman–Crippen LogP) is 5.33. The van der Waals surface area contributed by atoms with Gasteiger partial charge >= 0.3 is 0 Å². The molecule has 2 aromatic carbocycles. The zero-order chi connectivity index (χ0) is 20.5. The van der Waals surface area contributed by atoms with Crippen LogP contribution in [0.2, 0.25) is 0 Å². The summed E-state index contributed by atoms with van der Waals surface area (Å²) in [5, 5.41) is 3.20. The lowest BCUT2D eigenvalue weighted by molar-refractivity contribution is 0.0903. The molecule has 0 spiro atoms. The highest BCUT2D eigenvalue weighted by Crippen LogP contribution is 2.36. The van der Waals surface area contributed by atoms with E-state index in [0.717, 1.165) is 59.7 Å². The standard InChI is InChI=1S/C24H25N3O2S/c1-16-6-3-7-17-12-18-14-27(15-21-10-5-11-29-21)24(30-23(18)26-22(16)17)25-19-8-4-9-20(13-19)28-2/h3-4,6-9,12-13,21H,5,10-11,14-15H2,1-2H3/t21-/m0/s1. The molecule has 0 bridgehead atoms. The lowest BCUT2D eigenvalue weighted by Gasteiger charge is -2.32. The third-order valence-corrected chi connectivity index (χ3v) is 6.71. The Morgan fingerprint density at radius 1 is 1.23 bits per heavy atom. The fourth-order valence-corrected chi connectivity index (χ4v) is 5.04. The van der Waals surface area contributed by atoms with Crippen LogP contribution < -0.4 is 4.74 Å². The van der Waals surface area contributed by atoms with Crippen LogP contribution in [-0.4, -0.2) is 41.4 Å². The van der Waals surface area contributed by atoms with Gasteiger partial charge in [0.15, 0.2) is 5.17 Å². The first-order chi connectivity index (χ1) is 14.7. The SMILES string of the molecule is COc1cccc(N=C2Sc3nc4c(C)cccc4cc3CN2C[C@@H]2CCCO2)c1. The summed E-state index contributed by atoms with van der Waals surface area (Å²) in [6, 6.07) is 16.5. The number of rotatable bonds is 4. The van der Waals surface area contributed by atoms with E-state index in [-0.39, 0.29) is 6.10 Å². The lowest BCUT2D eigenvalue weighted by Crippen LogP contribution is -2.37. The van der Waals surface area contributed by atoms with Gasteiger partial charge in [-0.3, -0.25) is 0 Å². The first kappa shape index (κ1) is 19.4. The molecule has 0 aliphatic carbocycles. The number of benzene rings is 2. The minimum Gasteiger partial charge on any atom is -0.497 e. The highest BCUT2D eigenvalue weighted by molar-refractivity contribution is 8.13. The van der Waals surface area contributed by atoms with Gasteiger partial charge in [-0.05, 0) is 55.3 Å². The molecule has 1 atom stereocenters. The van der Waals surface area contributed by atoms with E-state index in [9.17, 15) is 0 Å². The number of aryl methyl sites for hydroxylation is 1. The Morgan fingerprint density at radius 2 is 2.13 bits per heavy atom. The fraction of sp³-hybridized carbons (Fsp3) is 0.333. The number of aliphatic imine (C=N–C) groups is 1. The van der Waals surface area contributed by atoms with Gasteiger partial charge in [0.1, 0.15) is 10.8 Å². The second-order valence-corrected chi connectivity index (χ2v) is 8.77. The summed E-state index contributed by atoms with van der Waals surface area (Å²) >= 11 is 1.65. The molecule has 0 saturated carbocycles. The van der Waals surface area contributed by atoms with Crippen molar-refractivity contribution in [1.29, 1.82) is 0 Å². The van der Waals surface area contributed by atoms with E-state index in [1.54, 1.807) is 18.9 Å². The molecule has 6 heteroatoms. The number of ether oxygens (including phenoxy) is 2. The van der Waals surface area contributed by atoms with Gasteiger partial charge in [0.05, 0.1) is 24.4 Å². The Labute approximate surface area is 181 Å². The molecular formula is C24H25N3O2S. The molecule has 5 nitrogen and oxygen atoms in total. The summed E-state index contributed by atoms with van der Waals surface area (Å²) in [6.07, 6.45) is 2.50. The molecule has 3 aromatic rings. The third-order valence-electron chi connectivity index (χ3n) is 5.63. The van der Waals surface area contributed by atoms with Crippen LogP contribution in [0.5, 0.6) is 5.75 Å². The van der Waals surface area contributed by atoms with Gasteiger partial charge in [0.2, 0.25) is 0 Å². The molecule has 30 heavy (non-hydrogen) atoms. The van der Waals surface area contributed by atoms with Crippen molar-refractivity contribution in [3.8, 4) is 5.75 Å². The third kappa shape index (κ3) is 3.89. The Bertz CT molecular complexity index is 1110. The Hall–Kier alpha value is -2.57. The largest absolute Gasteiger partial charge is 0.497 e. The van der Waals surface area contributed by atoms with Crippen molar-refractivity contribution in [2.75, 3.05) is 20.3 Å². The van der Waals surface area contributed by atoms with Crippen LogP contribution in [0.3, 0.4) is 0 Å². The average molecular weight is 420 g/mol. The van der Waals surface area contributed by atoms with E-state index in [0.29, 0.717) is 0 Å². The molecule has 154 valence electrons. The fourth-order valence-electron chi connectivity index (χ4n) is 4.06. The smallest absolute Gasteiger partial charge is 0.171 e. The van der Waals surface area contributed by atoms with E-state index in [2.05, 4.69) is 36.1 Å². The number of thioether (sulfide) groups is 1. The monoisotopic (exact) mass is 419 g/mol. The molecule has 2 aliphatic rings. The van der Waals surface area contributed by atoms with Crippen molar-refractivity contribution < 1.29 is 9.47 Å². The first-order valence-corrected chi connectivity index (χ1v) is 11.2. The van der Waals surface area contributed by atoms with E-state index < -0.39 is 0 Å². The molecule has 1 fully saturated rings. The van der Waals surface area contributed by atoms with Crippen molar-refractivity contribution in [2.24, 2.45) is 4.99 Å². The second kappa shape index (κ2) is 8.28. The number of hydrogen-bond acceptors (Lipinski definition) is 5. The molecule has 2 aliphatic heterocycles. The van der Waals surface area contributed by atoms with Gasteiger partial charge in [-0.2, -0.15) is 0 Å². The number of amidine groups is 1. The predicted molar refractivity (Wildman–Crippen MR) is 122 cm³/mol. The molecule has 5 rings (SSSR count). The van der Waals surface area contributed by atoms with Crippen LogP contribution in [0.4, 0.5) is 5.69 Å². The zero-order valence-electron chi connectivity index (χ0n) is 17.3. The summed E-state index contributed by atoms with van der Waals surface area (Å²) in [4.78, 5) is 12.3. The Kier molecular flexibility index (Phi) is 5.35. The zero-order valence-corrected chi connectivity index (χ0v) is 18.1. The van der Waals surface area contributed by atoms with Gasteiger partial charge in [0, 0.05) is 36.7 Å². The molecule has 0 N–H and O–H groups in total. The highest BCUT2D eigenvalue weighted by Gasteiger charge is 2.28. The van der Waals surface area contributed by atoms with E-state index >= 15 is 0 Å². The van der Waals surface area contributed by atoms with Gasteiger partial charge in [-0.1, -0.05) is 24.3 Å².